The van der Waals surface area contributed by atoms with E-state index in [0.717, 1.165) is 12.8 Å². The zero-order valence-corrected chi connectivity index (χ0v) is 10.1. The topological polar surface area (TPSA) is 74.6 Å². The van der Waals surface area contributed by atoms with Crippen LogP contribution in [-0.4, -0.2) is 22.2 Å². The Morgan fingerprint density at radius 3 is 2.23 bits per heavy atom. The van der Waals surface area contributed by atoms with Gasteiger partial charge in [0.25, 0.3) is 0 Å². The van der Waals surface area contributed by atoms with E-state index >= 15 is 0 Å². The molecule has 0 radical (unpaired) electrons. The van der Waals surface area contributed by atoms with E-state index in [1.165, 1.54) is 0 Å². The molecule has 0 aromatic carbocycles. The van der Waals surface area contributed by atoms with Crippen LogP contribution in [0, 0.1) is 5.92 Å². The van der Waals surface area contributed by atoms with Crippen LogP contribution in [0.25, 0.3) is 0 Å². The molecule has 1 atom stereocenters. The first-order chi connectivity index (χ1) is 5.57. The zero-order chi connectivity index (χ0) is 9.56. The maximum atomic E-state index is 10.5. The SMILES string of the molecule is CCCCC(CC(=O)O)C(=O)O.[H-].[Na+]. The maximum absolute atomic E-state index is 10.5. The van der Waals surface area contributed by atoms with E-state index in [9.17, 15) is 9.59 Å². The van der Waals surface area contributed by atoms with Crippen molar-refractivity contribution >= 4 is 11.9 Å². The summed E-state index contributed by atoms with van der Waals surface area (Å²) in [5.41, 5.74) is 0. The van der Waals surface area contributed by atoms with Crippen molar-refractivity contribution in [3.8, 4) is 0 Å². The number of aliphatic carboxylic acids is 2. The second kappa shape index (κ2) is 8.53. The van der Waals surface area contributed by atoms with Crippen LogP contribution in [0.2, 0.25) is 0 Å². The molecule has 0 saturated carbocycles. The number of carboxylic acid groups (broad SMARTS) is 2. The third-order valence-corrected chi connectivity index (χ3v) is 1.68. The second-order valence-electron chi connectivity index (χ2n) is 2.78. The van der Waals surface area contributed by atoms with Gasteiger partial charge in [0.1, 0.15) is 0 Å². The summed E-state index contributed by atoms with van der Waals surface area (Å²) in [6.07, 6.45) is 1.85. The van der Waals surface area contributed by atoms with Crippen molar-refractivity contribution in [1.82, 2.24) is 0 Å². The number of carboxylic acids is 2. The Morgan fingerprint density at radius 1 is 1.38 bits per heavy atom. The number of hydrogen-bond donors (Lipinski definition) is 2. The molecule has 0 aromatic rings. The van der Waals surface area contributed by atoms with E-state index in [1.807, 2.05) is 6.92 Å². The molecule has 0 aliphatic carbocycles. The molecule has 72 valence electrons. The van der Waals surface area contributed by atoms with Gasteiger partial charge in [0.2, 0.25) is 0 Å². The summed E-state index contributed by atoms with van der Waals surface area (Å²) >= 11 is 0. The normalized spacial score (nSPS) is 11.5. The molecule has 0 aromatic heterocycles. The monoisotopic (exact) mass is 198 g/mol. The molecule has 0 spiro atoms. The van der Waals surface area contributed by atoms with Gasteiger partial charge in [-0.1, -0.05) is 19.8 Å². The van der Waals surface area contributed by atoms with Gasteiger partial charge in [-0.05, 0) is 6.42 Å². The van der Waals surface area contributed by atoms with E-state index < -0.39 is 17.9 Å². The van der Waals surface area contributed by atoms with Gasteiger partial charge in [-0.2, -0.15) is 0 Å². The van der Waals surface area contributed by atoms with Crippen LogP contribution in [0.1, 0.15) is 34.0 Å². The molecule has 0 aliphatic rings. The largest absolute Gasteiger partial charge is 1.00 e. The average Bonchev–Trinajstić information content (AvgIpc) is 1.96. The Kier molecular flexibility index (Phi) is 10.1. The zero-order valence-electron chi connectivity index (χ0n) is 9.12. The van der Waals surface area contributed by atoms with Crippen LogP contribution in [0.15, 0.2) is 0 Å². The Bertz CT molecular complexity index is 175. The average molecular weight is 198 g/mol. The molecule has 0 fully saturated rings. The van der Waals surface area contributed by atoms with Gasteiger partial charge in [0.05, 0.1) is 12.3 Å². The third kappa shape index (κ3) is 8.28. The molecule has 0 saturated heterocycles. The number of hydrogen-bond acceptors (Lipinski definition) is 2. The van der Waals surface area contributed by atoms with Crippen molar-refractivity contribution < 1.29 is 50.8 Å². The molecule has 0 amide bonds. The first kappa shape index (κ1) is 15.4. The minimum absolute atomic E-state index is 0. The number of unbranched alkanes of at least 4 members (excludes halogenated alkanes) is 1. The molecule has 0 aliphatic heterocycles. The van der Waals surface area contributed by atoms with Gasteiger partial charge in [0.15, 0.2) is 0 Å². The predicted octanol–water partition coefficient (Wildman–Crippen LogP) is -1.53. The van der Waals surface area contributed by atoms with Crippen LogP contribution in [0.3, 0.4) is 0 Å². The van der Waals surface area contributed by atoms with Gasteiger partial charge in [-0.15, -0.1) is 0 Å². The molecule has 13 heavy (non-hydrogen) atoms. The minimum Gasteiger partial charge on any atom is -1.00 e. The predicted molar refractivity (Wildman–Crippen MR) is 44.0 cm³/mol. The fourth-order valence-electron chi connectivity index (χ4n) is 0.974. The molecule has 5 heteroatoms. The van der Waals surface area contributed by atoms with Crippen molar-refractivity contribution in [2.45, 2.75) is 32.6 Å². The molecular weight excluding hydrogens is 183 g/mol. The van der Waals surface area contributed by atoms with Crippen molar-refractivity contribution in [2.75, 3.05) is 0 Å². The fourth-order valence-corrected chi connectivity index (χ4v) is 0.974. The Labute approximate surface area is 101 Å². The second-order valence-corrected chi connectivity index (χ2v) is 2.78. The van der Waals surface area contributed by atoms with Gasteiger partial charge in [-0.25, -0.2) is 0 Å². The van der Waals surface area contributed by atoms with Gasteiger partial charge in [-0.3, -0.25) is 9.59 Å². The molecule has 1 unspecified atom stereocenters. The number of rotatable bonds is 6. The van der Waals surface area contributed by atoms with Crippen LogP contribution in [0.5, 0.6) is 0 Å². The fraction of sp³-hybridized carbons (Fsp3) is 0.750. The van der Waals surface area contributed by atoms with Crippen molar-refractivity contribution in [1.29, 1.82) is 0 Å². The first-order valence-corrected chi connectivity index (χ1v) is 4.02. The Balaban J connectivity index is -0.000000605. The quantitative estimate of drug-likeness (QED) is 0.508. The van der Waals surface area contributed by atoms with Crippen molar-refractivity contribution in [3.63, 3.8) is 0 Å². The molecule has 0 bridgehead atoms. The Hall–Kier alpha value is -0.0600. The molecule has 2 N–H and O–H groups in total. The van der Waals surface area contributed by atoms with E-state index in [4.69, 9.17) is 10.2 Å². The molecule has 4 nitrogen and oxygen atoms in total. The molecule has 0 rings (SSSR count). The van der Waals surface area contributed by atoms with Crippen LogP contribution >= 0.6 is 0 Å². The maximum Gasteiger partial charge on any atom is 1.00 e. The summed E-state index contributed by atoms with van der Waals surface area (Å²) in [7, 11) is 0. The van der Waals surface area contributed by atoms with Gasteiger partial charge < -0.3 is 11.6 Å². The molecule has 0 heterocycles. The van der Waals surface area contributed by atoms with Gasteiger partial charge in [0, 0.05) is 0 Å². The smallest absolute Gasteiger partial charge is 1.00 e. The minimum atomic E-state index is -1.04. The summed E-state index contributed by atoms with van der Waals surface area (Å²) in [6.45, 7) is 1.94. The van der Waals surface area contributed by atoms with E-state index in [1.54, 1.807) is 0 Å². The third-order valence-electron chi connectivity index (χ3n) is 1.68. The standard InChI is InChI=1S/C8H14O4.Na.H/c1-2-3-4-6(8(11)12)5-7(9)10;;/h6H,2-5H2,1H3,(H,9,10)(H,11,12);;/q;+1;-1. The first-order valence-electron chi connectivity index (χ1n) is 4.02. The van der Waals surface area contributed by atoms with Crippen molar-refractivity contribution in [3.05, 3.63) is 0 Å². The summed E-state index contributed by atoms with van der Waals surface area (Å²) in [5.74, 6) is -2.77. The van der Waals surface area contributed by atoms with Gasteiger partial charge >= 0.3 is 41.5 Å². The van der Waals surface area contributed by atoms with Crippen LogP contribution < -0.4 is 29.6 Å². The Morgan fingerprint density at radius 2 is 1.92 bits per heavy atom. The van der Waals surface area contributed by atoms with E-state index in [2.05, 4.69) is 0 Å². The van der Waals surface area contributed by atoms with Crippen molar-refractivity contribution in [2.24, 2.45) is 5.92 Å². The summed E-state index contributed by atoms with van der Waals surface area (Å²) in [4.78, 5) is 20.7. The summed E-state index contributed by atoms with van der Waals surface area (Å²) < 4.78 is 0. The van der Waals surface area contributed by atoms with Crippen LogP contribution in [0.4, 0.5) is 0 Å². The van der Waals surface area contributed by atoms with E-state index in [0.29, 0.717) is 6.42 Å². The van der Waals surface area contributed by atoms with Crippen LogP contribution in [-0.2, 0) is 9.59 Å². The summed E-state index contributed by atoms with van der Waals surface area (Å²) in [5, 5.41) is 17.0. The number of carbonyl (C=O) groups is 2. The van der Waals surface area contributed by atoms with E-state index in [-0.39, 0.29) is 37.4 Å². The molecular formula is C8H15NaO4. The summed E-state index contributed by atoms with van der Waals surface area (Å²) in [6, 6.07) is 0.